The summed E-state index contributed by atoms with van der Waals surface area (Å²) in [6.45, 7) is 0. The molecule has 0 atom stereocenters. The molecule has 1 heterocycles. The van der Waals surface area contributed by atoms with Gasteiger partial charge in [-0.1, -0.05) is 23.7 Å². The predicted octanol–water partition coefficient (Wildman–Crippen LogP) is 3.55. The molecule has 2 aromatic rings. The number of nitrogens with zero attached hydrogens (tertiary/aromatic N) is 1. The van der Waals surface area contributed by atoms with Crippen LogP contribution in [-0.2, 0) is 0 Å². The Hall–Kier alpha value is -1.61. The van der Waals surface area contributed by atoms with Crippen molar-refractivity contribution < 1.29 is 9.13 Å². The number of ether oxygens (including phenoxy) is 1. The molecule has 2 rings (SSSR count). The van der Waals surface area contributed by atoms with Crippen LogP contribution >= 0.6 is 11.6 Å². The first-order chi connectivity index (χ1) is 7.70. The Labute approximate surface area is 97.7 Å². The van der Waals surface area contributed by atoms with Crippen LogP contribution < -0.4 is 4.74 Å². The third-order valence-corrected chi connectivity index (χ3v) is 2.43. The normalized spacial score (nSPS) is 10.2. The number of benzene rings is 1. The number of methoxy groups -OCH3 is 1. The van der Waals surface area contributed by atoms with Crippen LogP contribution in [0, 0.1) is 5.82 Å². The maximum absolute atomic E-state index is 13.6. The summed E-state index contributed by atoms with van der Waals surface area (Å²) in [6, 6.07) is 8.27. The van der Waals surface area contributed by atoms with Gasteiger partial charge in [-0.15, -0.1) is 0 Å². The van der Waals surface area contributed by atoms with E-state index in [1.54, 1.807) is 31.4 Å². The molecule has 0 saturated heterocycles. The molecule has 0 aliphatic heterocycles. The Bertz CT molecular complexity index is 499. The highest BCUT2D eigenvalue weighted by Crippen LogP contribution is 2.25. The second-order valence-corrected chi connectivity index (χ2v) is 3.60. The van der Waals surface area contributed by atoms with Gasteiger partial charge in [0.1, 0.15) is 16.7 Å². The van der Waals surface area contributed by atoms with E-state index < -0.39 is 0 Å². The highest BCUT2D eigenvalue weighted by molar-refractivity contribution is 6.29. The van der Waals surface area contributed by atoms with Gasteiger partial charge in [-0.25, -0.2) is 9.37 Å². The Morgan fingerprint density at radius 2 is 1.94 bits per heavy atom. The fourth-order valence-corrected chi connectivity index (χ4v) is 1.54. The van der Waals surface area contributed by atoms with Gasteiger partial charge in [-0.05, 0) is 17.7 Å². The Morgan fingerprint density at radius 1 is 1.25 bits per heavy atom. The van der Waals surface area contributed by atoms with Gasteiger partial charge in [0.25, 0.3) is 0 Å². The van der Waals surface area contributed by atoms with Gasteiger partial charge in [0, 0.05) is 17.8 Å². The number of halogens is 2. The first kappa shape index (κ1) is 10.9. The number of hydrogen-bond donors (Lipinski definition) is 0. The molecule has 0 unspecified atom stereocenters. The maximum atomic E-state index is 13.6. The zero-order chi connectivity index (χ0) is 11.5. The molecule has 82 valence electrons. The van der Waals surface area contributed by atoms with Gasteiger partial charge in [0.2, 0.25) is 0 Å². The van der Waals surface area contributed by atoms with Crippen molar-refractivity contribution in [2.45, 2.75) is 0 Å². The minimum absolute atomic E-state index is 0.148. The van der Waals surface area contributed by atoms with E-state index in [1.807, 2.05) is 0 Å². The zero-order valence-corrected chi connectivity index (χ0v) is 9.33. The fourth-order valence-electron chi connectivity index (χ4n) is 1.39. The molecule has 2 nitrogen and oxygen atoms in total. The van der Waals surface area contributed by atoms with Crippen molar-refractivity contribution in [3.8, 4) is 16.9 Å². The number of pyridine rings is 1. The SMILES string of the molecule is COc1ccc(-c2cnc(Cl)cc2F)cc1. The number of rotatable bonds is 2. The molecular formula is C12H9ClFNO. The summed E-state index contributed by atoms with van der Waals surface area (Å²) in [6.07, 6.45) is 1.42. The molecule has 4 heteroatoms. The fraction of sp³-hybridized carbons (Fsp3) is 0.0833. The van der Waals surface area contributed by atoms with Crippen LogP contribution in [0.15, 0.2) is 36.5 Å². The first-order valence-corrected chi connectivity index (χ1v) is 5.04. The maximum Gasteiger partial charge on any atom is 0.135 e. The van der Waals surface area contributed by atoms with E-state index in [0.29, 0.717) is 5.56 Å². The van der Waals surface area contributed by atoms with Gasteiger partial charge < -0.3 is 4.74 Å². The van der Waals surface area contributed by atoms with E-state index in [2.05, 4.69) is 4.98 Å². The molecule has 0 radical (unpaired) electrons. The van der Waals surface area contributed by atoms with Crippen LogP contribution in [0.2, 0.25) is 5.15 Å². The zero-order valence-electron chi connectivity index (χ0n) is 8.58. The summed E-state index contributed by atoms with van der Waals surface area (Å²) in [5, 5.41) is 0.148. The quantitative estimate of drug-likeness (QED) is 0.746. The van der Waals surface area contributed by atoms with Crippen LogP contribution in [0.5, 0.6) is 5.75 Å². The molecule has 0 amide bonds. The van der Waals surface area contributed by atoms with Crippen molar-refractivity contribution in [2.24, 2.45) is 0 Å². The third-order valence-electron chi connectivity index (χ3n) is 2.22. The molecule has 0 N–H and O–H groups in total. The molecule has 0 bridgehead atoms. The van der Waals surface area contributed by atoms with Crippen molar-refractivity contribution in [3.05, 3.63) is 47.5 Å². The molecule has 0 aliphatic rings. The summed E-state index contributed by atoms with van der Waals surface area (Å²) in [5.41, 5.74) is 1.16. The number of aromatic nitrogens is 1. The van der Waals surface area contributed by atoms with Crippen LogP contribution in [0.25, 0.3) is 11.1 Å². The van der Waals surface area contributed by atoms with Crippen molar-refractivity contribution in [1.29, 1.82) is 0 Å². The minimum Gasteiger partial charge on any atom is -0.497 e. The summed E-state index contributed by atoms with van der Waals surface area (Å²) in [7, 11) is 1.58. The second kappa shape index (κ2) is 4.49. The Morgan fingerprint density at radius 3 is 2.50 bits per heavy atom. The van der Waals surface area contributed by atoms with Crippen molar-refractivity contribution >= 4 is 11.6 Å². The van der Waals surface area contributed by atoms with Gasteiger partial charge in [0.15, 0.2) is 0 Å². The van der Waals surface area contributed by atoms with Crippen molar-refractivity contribution in [1.82, 2.24) is 4.98 Å². The summed E-state index contributed by atoms with van der Waals surface area (Å²) in [4.78, 5) is 3.85. The van der Waals surface area contributed by atoms with Crippen molar-refractivity contribution in [2.75, 3.05) is 7.11 Å². The van der Waals surface area contributed by atoms with E-state index in [1.165, 1.54) is 12.3 Å². The van der Waals surface area contributed by atoms with Gasteiger partial charge in [-0.2, -0.15) is 0 Å². The van der Waals surface area contributed by atoms with Crippen LogP contribution in [0.3, 0.4) is 0 Å². The van der Waals surface area contributed by atoms with Gasteiger partial charge >= 0.3 is 0 Å². The molecular weight excluding hydrogens is 229 g/mol. The van der Waals surface area contributed by atoms with Crippen LogP contribution in [0.1, 0.15) is 0 Å². The topological polar surface area (TPSA) is 22.1 Å². The lowest BCUT2D eigenvalue weighted by molar-refractivity contribution is 0.415. The van der Waals surface area contributed by atoms with E-state index in [0.717, 1.165) is 11.3 Å². The van der Waals surface area contributed by atoms with Crippen LogP contribution in [-0.4, -0.2) is 12.1 Å². The van der Waals surface area contributed by atoms with Crippen molar-refractivity contribution in [3.63, 3.8) is 0 Å². The standard InChI is InChI=1S/C12H9ClFNO/c1-16-9-4-2-8(3-5-9)10-7-15-12(13)6-11(10)14/h2-7H,1H3. The van der Waals surface area contributed by atoms with E-state index in [4.69, 9.17) is 16.3 Å². The Balaban J connectivity index is 2.42. The molecule has 1 aromatic carbocycles. The summed E-state index contributed by atoms with van der Waals surface area (Å²) in [5.74, 6) is 0.344. The van der Waals surface area contributed by atoms with E-state index in [9.17, 15) is 4.39 Å². The van der Waals surface area contributed by atoms with Gasteiger partial charge in [0.05, 0.1) is 7.11 Å². The van der Waals surface area contributed by atoms with Gasteiger partial charge in [-0.3, -0.25) is 0 Å². The lowest BCUT2D eigenvalue weighted by Gasteiger charge is -2.04. The molecule has 0 fully saturated rings. The lowest BCUT2D eigenvalue weighted by atomic mass is 10.1. The monoisotopic (exact) mass is 237 g/mol. The average molecular weight is 238 g/mol. The molecule has 16 heavy (non-hydrogen) atoms. The highest BCUT2D eigenvalue weighted by Gasteiger charge is 2.06. The molecule has 1 aromatic heterocycles. The van der Waals surface area contributed by atoms with E-state index >= 15 is 0 Å². The largest absolute Gasteiger partial charge is 0.497 e. The summed E-state index contributed by atoms with van der Waals surface area (Å²) >= 11 is 5.58. The minimum atomic E-state index is -0.384. The first-order valence-electron chi connectivity index (χ1n) is 4.66. The summed E-state index contributed by atoms with van der Waals surface area (Å²) < 4.78 is 18.6. The lowest BCUT2D eigenvalue weighted by Crippen LogP contribution is -1.88. The third kappa shape index (κ3) is 2.14. The van der Waals surface area contributed by atoms with E-state index in [-0.39, 0.29) is 11.0 Å². The second-order valence-electron chi connectivity index (χ2n) is 3.22. The Kier molecular flexibility index (Phi) is 3.06. The highest BCUT2D eigenvalue weighted by atomic mass is 35.5. The molecule has 0 saturated carbocycles. The smallest absolute Gasteiger partial charge is 0.135 e. The number of hydrogen-bond acceptors (Lipinski definition) is 2. The van der Waals surface area contributed by atoms with Crippen LogP contribution in [0.4, 0.5) is 4.39 Å². The average Bonchev–Trinajstić information content (AvgIpc) is 2.29. The predicted molar refractivity (Wildman–Crippen MR) is 61.2 cm³/mol. The molecule has 0 aliphatic carbocycles. The molecule has 0 spiro atoms.